The van der Waals surface area contributed by atoms with Crippen molar-refractivity contribution in [3.63, 3.8) is 0 Å². The molecule has 128 valence electrons. The number of fused-ring (bicyclic) bond motifs is 1. The summed E-state index contributed by atoms with van der Waals surface area (Å²) in [7, 11) is 0. The molecule has 1 aromatic heterocycles. The number of para-hydroxylation sites is 1. The summed E-state index contributed by atoms with van der Waals surface area (Å²) >= 11 is 1.66. The van der Waals surface area contributed by atoms with Crippen LogP contribution in [0.25, 0.3) is 10.9 Å². The molecule has 0 saturated heterocycles. The van der Waals surface area contributed by atoms with Crippen molar-refractivity contribution in [2.24, 2.45) is 5.73 Å². The van der Waals surface area contributed by atoms with Crippen molar-refractivity contribution in [1.29, 1.82) is 0 Å². The molecule has 0 bridgehead atoms. The maximum absolute atomic E-state index is 12.0. The van der Waals surface area contributed by atoms with Crippen LogP contribution in [0, 0.1) is 0 Å². The van der Waals surface area contributed by atoms with Crippen LogP contribution >= 0.6 is 24.2 Å². The molecule has 23 heavy (non-hydrogen) atoms. The highest BCUT2D eigenvalue weighted by Gasteiger charge is 2.18. The summed E-state index contributed by atoms with van der Waals surface area (Å²) in [4.78, 5) is 15.2. The van der Waals surface area contributed by atoms with Gasteiger partial charge in [0.15, 0.2) is 0 Å². The number of halogens is 1. The zero-order chi connectivity index (χ0) is 15.9. The Morgan fingerprint density at radius 3 is 2.87 bits per heavy atom. The number of hydrogen-bond acceptors (Lipinski definition) is 4. The summed E-state index contributed by atoms with van der Waals surface area (Å²) in [5.41, 5.74) is 7.99. The number of carbonyl (C=O) groups is 1. The number of carbonyl (C=O) groups excluding carboxylic acids is 1. The van der Waals surface area contributed by atoms with E-state index in [0.29, 0.717) is 12.8 Å². The minimum Gasteiger partial charge on any atom is -0.394 e. The number of thioether (sulfide) groups is 1. The molecule has 2 aromatic rings. The number of aromatic nitrogens is 1. The fourth-order valence-electron chi connectivity index (χ4n) is 2.41. The normalized spacial score (nSPS) is 13.3. The second kappa shape index (κ2) is 9.82. The first-order valence-corrected chi connectivity index (χ1v) is 8.75. The molecule has 0 saturated carbocycles. The number of H-pyrrole nitrogens is 1. The first kappa shape index (κ1) is 19.8. The third-order valence-electron chi connectivity index (χ3n) is 3.68. The highest BCUT2D eigenvalue weighted by molar-refractivity contribution is 7.98. The predicted octanol–water partition coefficient (Wildman–Crippen LogP) is 1.69. The van der Waals surface area contributed by atoms with Gasteiger partial charge in [-0.2, -0.15) is 11.8 Å². The monoisotopic (exact) mass is 357 g/mol. The summed E-state index contributed by atoms with van der Waals surface area (Å²) in [5.74, 6) is 0.647. The molecule has 2 atom stereocenters. The number of benzene rings is 1. The zero-order valence-corrected chi connectivity index (χ0v) is 14.8. The Bertz CT molecular complexity index is 620. The summed E-state index contributed by atoms with van der Waals surface area (Å²) in [6.07, 6.45) is 5.12. The van der Waals surface area contributed by atoms with Crippen molar-refractivity contribution >= 4 is 41.0 Å². The summed E-state index contributed by atoms with van der Waals surface area (Å²) < 4.78 is 0. The van der Waals surface area contributed by atoms with Crippen LogP contribution in [0.3, 0.4) is 0 Å². The summed E-state index contributed by atoms with van der Waals surface area (Å²) in [6, 6.07) is 7.13. The molecule has 0 aliphatic rings. The maximum atomic E-state index is 12.0. The van der Waals surface area contributed by atoms with E-state index >= 15 is 0 Å². The molecular formula is C16H24ClN3O2S. The number of nitrogens with one attached hydrogen (secondary N) is 2. The summed E-state index contributed by atoms with van der Waals surface area (Å²) in [6.45, 7) is -0.111. The first-order valence-electron chi connectivity index (χ1n) is 7.36. The number of aliphatic hydroxyl groups excluding tert-OH is 1. The molecular weight excluding hydrogens is 334 g/mol. The van der Waals surface area contributed by atoms with E-state index in [2.05, 4.69) is 10.3 Å². The van der Waals surface area contributed by atoms with Crippen LogP contribution in [-0.4, -0.2) is 46.7 Å². The van der Waals surface area contributed by atoms with E-state index in [4.69, 9.17) is 5.73 Å². The lowest BCUT2D eigenvalue weighted by atomic mass is 10.0. The molecule has 2 rings (SSSR count). The topological polar surface area (TPSA) is 91.1 Å². The minimum absolute atomic E-state index is 0. The van der Waals surface area contributed by atoms with Crippen molar-refractivity contribution in [1.82, 2.24) is 10.3 Å². The second-order valence-corrected chi connectivity index (χ2v) is 6.33. The Kier molecular flexibility index (Phi) is 8.47. The van der Waals surface area contributed by atoms with E-state index in [1.54, 1.807) is 11.8 Å². The van der Waals surface area contributed by atoms with Crippen LogP contribution in [0.4, 0.5) is 0 Å². The fraction of sp³-hybridized carbons (Fsp3) is 0.438. The SMILES string of the molecule is CSCCC(N)C(=O)NC(CO)Cc1c[nH]c2ccccc12.Cl. The fourth-order valence-corrected chi connectivity index (χ4v) is 2.90. The lowest BCUT2D eigenvalue weighted by Crippen LogP contribution is -2.47. The standard InChI is InChI=1S/C16H23N3O2S.ClH/c1-22-7-6-14(17)16(21)19-12(10-20)8-11-9-18-15-5-3-2-4-13(11)15;/h2-5,9,12,14,18,20H,6-8,10,17H2,1H3,(H,19,21);1H. The Morgan fingerprint density at radius 2 is 2.17 bits per heavy atom. The maximum Gasteiger partial charge on any atom is 0.237 e. The lowest BCUT2D eigenvalue weighted by molar-refractivity contribution is -0.123. The smallest absolute Gasteiger partial charge is 0.237 e. The number of nitrogens with two attached hydrogens (primary N) is 1. The van der Waals surface area contributed by atoms with Gasteiger partial charge in [-0.3, -0.25) is 4.79 Å². The van der Waals surface area contributed by atoms with E-state index < -0.39 is 6.04 Å². The average molecular weight is 358 g/mol. The van der Waals surface area contributed by atoms with E-state index in [0.717, 1.165) is 22.2 Å². The van der Waals surface area contributed by atoms with Crippen molar-refractivity contribution in [3.05, 3.63) is 36.0 Å². The second-order valence-electron chi connectivity index (χ2n) is 5.34. The largest absolute Gasteiger partial charge is 0.394 e. The zero-order valence-electron chi connectivity index (χ0n) is 13.1. The molecule has 0 aliphatic carbocycles. The number of rotatable bonds is 8. The van der Waals surface area contributed by atoms with Crippen LogP contribution in [0.5, 0.6) is 0 Å². The summed E-state index contributed by atoms with van der Waals surface area (Å²) in [5, 5.41) is 13.5. The van der Waals surface area contributed by atoms with Gasteiger partial charge in [0.2, 0.25) is 5.91 Å². The molecule has 1 amide bonds. The van der Waals surface area contributed by atoms with Gasteiger partial charge in [-0.15, -0.1) is 12.4 Å². The first-order chi connectivity index (χ1) is 10.7. The van der Waals surface area contributed by atoms with Gasteiger partial charge >= 0.3 is 0 Å². The van der Waals surface area contributed by atoms with Gasteiger partial charge in [0, 0.05) is 17.1 Å². The van der Waals surface area contributed by atoms with Gasteiger partial charge in [0.25, 0.3) is 0 Å². The third-order valence-corrected chi connectivity index (χ3v) is 4.32. The molecule has 0 fully saturated rings. The van der Waals surface area contributed by atoms with Crippen LogP contribution in [0.2, 0.25) is 0 Å². The lowest BCUT2D eigenvalue weighted by Gasteiger charge is -2.19. The van der Waals surface area contributed by atoms with E-state index in [1.807, 2.05) is 36.7 Å². The number of amides is 1. The van der Waals surface area contributed by atoms with Crippen LogP contribution in [-0.2, 0) is 11.2 Å². The van der Waals surface area contributed by atoms with Crippen molar-refractivity contribution in [3.8, 4) is 0 Å². The average Bonchev–Trinajstić information content (AvgIpc) is 2.95. The number of aliphatic hydroxyl groups is 1. The van der Waals surface area contributed by atoms with Gasteiger partial charge in [-0.1, -0.05) is 18.2 Å². The molecule has 0 aliphatic heterocycles. The quantitative estimate of drug-likeness (QED) is 0.578. The molecule has 0 radical (unpaired) electrons. The molecule has 2 unspecified atom stereocenters. The van der Waals surface area contributed by atoms with Crippen molar-refractivity contribution in [2.45, 2.75) is 24.9 Å². The van der Waals surface area contributed by atoms with Gasteiger partial charge in [0.05, 0.1) is 18.7 Å². The Morgan fingerprint density at radius 1 is 1.43 bits per heavy atom. The van der Waals surface area contributed by atoms with E-state index in [9.17, 15) is 9.90 Å². The van der Waals surface area contributed by atoms with Gasteiger partial charge in [-0.25, -0.2) is 0 Å². The Hall–Kier alpha value is -1.21. The highest BCUT2D eigenvalue weighted by atomic mass is 35.5. The van der Waals surface area contributed by atoms with Crippen LogP contribution < -0.4 is 11.1 Å². The molecule has 1 aromatic carbocycles. The Labute approximate surface area is 146 Å². The molecule has 5 nitrogen and oxygen atoms in total. The third kappa shape index (κ3) is 5.42. The Balaban J connectivity index is 0.00000264. The minimum atomic E-state index is -0.524. The van der Waals surface area contributed by atoms with Crippen molar-refractivity contribution in [2.75, 3.05) is 18.6 Å². The highest BCUT2D eigenvalue weighted by Crippen LogP contribution is 2.19. The number of hydrogen-bond donors (Lipinski definition) is 4. The van der Waals surface area contributed by atoms with Gasteiger partial charge < -0.3 is 21.1 Å². The number of aromatic amines is 1. The molecule has 7 heteroatoms. The predicted molar refractivity (Wildman–Crippen MR) is 99.2 cm³/mol. The van der Waals surface area contributed by atoms with Crippen LogP contribution in [0.15, 0.2) is 30.5 Å². The van der Waals surface area contributed by atoms with Gasteiger partial charge in [-0.05, 0) is 36.5 Å². The molecule has 0 spiro atoms. The van der Waals surface area contributed by atoms with Gasteiger partial charge in [0.1, 0.15) is 0 Å². The van der Waals surface area contributed by atoms with E-state index in [-0.39, 0.29) is 31.0 Å². The van der Waals surface area contributed by atoms with Crippen molar-refractivity contribution < 1.29 is 9.90 Å². The molecule has 1 heterocycles. The van der Waals surface area contributed by atoms with Crippen LogP contribution in [0.1, 0.15) is 12.0 Å². The molecule has 5 N–H and O–H groups in total. The van der Waals surface area contributed by atoms with E-state index in [1.165, 1.54) is 0 Å².